The largest absolute Gasteiger partial charge is 0.392 e. The maximum Gasteiger partial charge on any atom is 0.328 e. The summed E-state index contributed by atoms with van der Waals surface area (Å²) in [5.41, 5.74) is 2.36. The summed E-state index contributed by atoms with van der Waals surface area (Å²) in [6.07, 6.45) is -0.830. The average Bonchev–Trinajstić information content (AvgIpc) is 3.09. The highest BCUT2D eigenvalue weighted by Crippen LogP contribution is 2.29. The van der Waals surface area contributed by atoms with Crippen LogP contribution in [0.4, 0.5) is 10.5 Å². The number of aliphatic hydroxyl groups is 1. The lowest BCUT2D eigenvalue weighted by atomic mass is 10.1. The van der Waals surface area contributed by atoms with Crippen LogP contribution in [0.2, 0.25) is 10.0 Å². The molecule has 2 saturated heterocycles. The van der Waals surface area contributed by atoms with Crippen LogP contribution in [-0.4, -0.2) is 64.3 Å². The fourth-order valence-corrected chi connectivity index (χ4v) is 4.24. The Balaban J connectivity index is 1.53. The van der Waals surface area contributed by atoms with Crippen LogP contribution in [-0.2, 0) is 17.9 Å². The number of carbonyl (C=O) groups excluding carboxylic acids is 2. The standard InChI is InChI=1S/C21H23Cl2N5O3/c1-26-17-18(25-20(26)24-14-6-3-12(11-29)4-7-14)27(2)21(31)28(19(17)30)10-13-5-8-15(22)16(23)9-13/h3-9,17-18,20,24-25,29H,10-11H2,1-2H3. The second-order valence-electron chi connectivity index (χ2n) is 7.69. The van der Waals surface area contributed by atoms with Gasteiger partial charge < -0.3 is 15.3 Å². The zero-order valence-corrected chi connectivity index (χ0v) is 18.6. The van der Waals surface area contributed by atoms with Gasteiger partial charge in [0.1, 0.15) is 18.5 Å². The lowest BCUT2D eigenvalue weighted by Gasteiger charge is -2.40. The van der Waals surface area contributed by atoms with E-state index in [2.05, 4.69) is 10.6 Å². The molecule has 2 aromatic rings. The molecule has 2 aromatic carbocycles. The van der Waals surface area contributed by atoms with Gasteiger partial charge in [-0.3, -0.25) is 19.9 Å². The molecular formula is C21H23Cl2N5O3. The topological polar surface area (TPSA) is 88.2 Å². The molecule has 0 spiro atoms. The fraction of sp³-hybridized carbons (Fsp3) is 0.333. The quantitative estimate of drug-likeness (QED) is 0.631. The maximum atomic E-state index is 13.3. The van der Waals surface area contributed by atoms with Crippen molar-refractivity contribution in [1.82, 2.24) is 20.0 Å². The first-order valence-electron chi connectivity index (χ1n) is 9.76. The van der Waals surface area contributed by atoms with Gasteiger partial charge in [0.15, 0.2) is 0 Å². The first-order valence-corrected chi connectivity index (χ1v) is 10.5. The Hall–Kier alpha value is -2.36. The summed E-state index contributed by atoms with van der Waals surface area (Å²) >= 11 is 12.1. The molecule has 3 unspecified atom stereocenters. The molecule has 8 nitrogen and oxygen atoms in total. The van der Waals surface area contributed by atoms with Gasteiger partial charge in [0.25, 0.3) is 5.91 Å². The number of nitrogens with one attached hydrogen (secondary N) is 2. The lowest BCUT2D eigenvalue weighted by Crippen LogP contribution is -2.65. The molecule has 2 aliphatic rings. The monoisotopic (exact) mass is 463 g/mol. The Morgan fingerprint density at radius 1 is 1.03 bits per heavy atom. The number of halogens is 2. The summed E-state index contributed by atoms with van der Waals surface area (Å²) in [7, 11) is 3.50. The fourth-order valence-electron chi connectivity index (χ4n) is 3.92. The molecule has 2 heterocycles. The first-order chi connectivity index (χ1) is 14.8. The molecule has 2 fully saturated rings. The average molecular weight is 464 g/mol. The minimum atomic E-state index is -0.556. The third kappa shape index (κ3) is 4.09. The van der Waals surface area contributed by atoms with Crippen molar-refractivity contribution in [3.63, 3.8) is 0 Å². The zero-order chi connectivity index (χ0) is 22.3. The van der Waals surface area contributed by atoms with E-state index in [-0.39, 0.29) is 31.4 Å². The van der Waals surface area contributed by atoms with Gasteiger partial charge in [-0.1, -0.05) is 41.4 Å². The highest BCUT2D eigenvalue weighted by molar-refractivity contribution is 6.42. The van der Waals surface area contributed by atoms with Gasteiger partial charge in [-0.25, -0.2) is 4.79 Å². The second kappa shape index (κ2) is 8.64. The van der Waals surface area contributed by atoms with E-state index >= 15 is 0 Å². The van der Waals surface area contributed by atoms with Gasteiger partial charge in [0.2, 0.25) is 0 Å². The van der Waals surface area contributed by atoms with Crippen molar-refractivity contribution in [3.05, 3.63) is 63.6 Å². The number of hydrogen-bond acceptors (Lipinski definition) is 6. The van der Waals surface area contributed by atoms with Crippen molar-refractivity contribution in [2.24, 2.45) is 0 Å². The normalized spacial score (nSPS) is 24.0. The molecule has 0 saturated carbocycles. The van der Waals surface area contributed by atoms with Crippen molar-refractivity contribution in [1.29, 1.82) is 0 Å². The van der Waals surface area contributed by atoms with Crippen LogP contribution >= 0.6 is 23.2 Å². The molecular weight excluding hydrogens is 441 g/mol. The number of carbonyl (C=O) groups is 2. The van der Waals surface area contributed by atoms with Crippen LogP contribution in [0.15, 0.2) is 42.5 Å². The van der Waals surface area contributed by atoms with Crippen molar-refractivity contribution in [2.45, 2.75) is 31.6 Å². The molecule has 3 amide bonds. The van der Waals surface area contributed by atoms with Crippen molar-refractivity contribution in [2.75, 3.05) is 19.4 Å². The van der Waals surface area contributed by atoms with E-state index in [4.69, 9.17) is 23.2 Å². The third-order valence-electron chi connectivity index (χ3n) is 5.71. The van der Waals surface area contributed by atoms with Gasteiger partial charge in [-0.2, -0.15) is 0 Å². The molecule has 3 atom stereocenters. The number of fused-ring (bicyclic) bond motifs is 1. The van der Waals surface area contributed by atoms with E-state index in [0.29, 0.717) is 10.0 Å². The molecule has 0 aromatic heterocycles. The van der Waals surface area contributed by atoms with Crippen LogP contribution in [0, 0.1) is 0 Å². The third-order valence-corrected chi connectivity index (χ3v) is 6.45. The number of aliphatic hydroxyl groups excluding tert-OH is 1. The highest BCUT2D eigenvalue weighted by atomic mass is 35.5. The number of likely N-dealkylation sites (N-methyl/N-ethyl adjacent to an activating group) is 2. The number of benzene rings is 2. The van der Waals surface area contributed by atoms with Gasteiger partial charge in [-0.15, -0.1) is 0 Å². The van der Waals surface area contributed by atoms with Crippen LogP contribution < -0.4 is 10.6 Å². The number of anilines is 1. The van der Waals surface area contributed by atoms with Crippen LogP contribution in [0.25, 0.3) is 0 Å². The van der Waals surface area contributed by atoms with Crippen molar-refractivity contribution in [3.8, 4) is 0 Å². The first kappa shape index (κ1) is 21.9. The Kier molecular flexibility index (Phi) is 6.09. The number of urea groups is 1. The smallest absolute Gasteiger partial charge is 0.328 e. The molecule has 0 aliphatic carbocycles. The number of nitrogens with zero attached hydrogens (tertiary/aromatic N) is 3. The van der Waals surface area contributed by atoms with E-state index in [1.54, 1.807) is 25.2 Å². The predicted molar refractivity (Wildman–Crippen MR) is 118 cm³/mol. The Morgan fingerprint density at radius 2 is 1.71 bits per heavy atom. The minimum Gasteiger partial charge on any atom is -0.392 e. The molecule has 3 N–H and O–H groups in total. The van der Waals surface area contributed by atoms with Gasteiger partial charge >= 0.3 is 6.03 Å². The lowest BCUT2D eigenvalue weighted by molar-refractivity contribution is -0.138. The van der Waals surface area contributed by atoms with Gasteiger partial charge in [-0.05, 0) is 42.4 Å². The van der Waals surface area contributed by atoms with E-state index in [9.17, 15) is 14.7 Å². The summed E-state index contributed by atoms with van der Waals surface area (Å²) in [5.74, 6) is -0.283. The summed E-state index contributed by atoms with van der Waals surface area (Å²) in [6, 6.07) is 11.5. The SMILES string of the molecule is CN1C(=O)N(Cc2ccc(Cl)c(Cl)c2)C(=O)C2C1NC(Nc1ccc(CO)cc1)N2C. The van der Waals surface area contributed by atoms with E-state index < -0.39 is 12.2 Å². The van der Waals surface area contributed by atoms with Crippen LogP contribution in [0.3, 0.4) is 0 Å². The molecule has 0 radical (unpaired) electrons. The molecule has 164 valence electrons. The summed E-state index contributed by atoms with van der Waals surface area (Å²) in [4.78, 5) is 30.9. The summed E-state index contributed by atoms with van der Waals surface area (Å²) < 4.78 is 0. The van der Waals surface area contributed by atoms with Crippen LogP contribution in [0.5, 0.6) is 0 Å². The Bertz CT molecular complexity index is 1000. The molecule has 31 heavy (non-hydrogen) atoms. The maximum absolute atomic E-state index is 13.3. The van der Waals surface area contributed by atoms with Gasteiger partial charge in [0, 0.05) is 12.7 Å². The highest BCUT2D eigenvalue weighted by Gasteiger charge is 2.52. The molecule has 2 aliphatic heterocycles. The number of hydrogen-bond donors (Lipinski definition) is 3. The van der Waals surface area contributed by atoms with E-state index in [1.807, 2.05) is 36.2 Å². The molecule has 0 bridgehead atoms. The van der Waals surface area contributed by atoms with E-state index in [0.717, 1.165) is 16.8 Å². The van der Waals surface area contributed by atoms with Crippen molar-refractivity contribution < 1.29 is 14.7 Å². The Labute approximate surface area is 190 Å². The number of imide groups is 1. The van der Waals surface area contributed by atoms with Crippen molar-refractivity contribution >= 4 is 40.8 Å². The Morgan fingerprint density at radius 3 is 2.35 bits per heavy atom. The molecule has 4 rings (SSSR count). The second-order valence-corrected chi connectivity index (χ2v) is 8.50. The summed E-state index contributed by atoms with van der Waals surface area (Å²) in [6.45, 7) is 0.0821. The van der Waals surface area contributed by atoms with Gasteiger partial charge in [0.05, 0.1) is 23.2 Å². The van der Waals surface area contributed by atoms with E-state index in [1.165, 1.54) is 9.80 Å². The van der Waals surface area contributed by atoms with Crippen LogP contribution in [0.1, 0.15) is 11.1 Å². The number of amides is 3. The predicted octanol–water partition coefficient (Wildman–Crippen LogP) is 2.51. The molecule has 10 heteroatoms. The minimum absolute atomic E-state index is 0.0257. The zero-order valence-electron chi connectivity index (χ0n) is 17.0. The number of rotatable bonds is 5. The summed E-state index contributed by atoms with van der Waals surface area (Å²) in [5, 5.41) is 16.6.